The van der Waals surface area contributed by atoms with Crippen molar-refractivity contribution in [2.24, 2.45) is 33.5 Å². The number of hydrogen-bond acceptors (Lipinski definition) is 2. The lowest BCUT2D eigenvalue weighted by Gasteiger charge is -2.38. The quantitative estimate of drug-likeness (QED) is 0.582. The average Bonchev–Trinajstić information content (AvgIpc) is 3.30. The Morgan fingerprint density at radius 3 is 1.42 bits per heavy atom. The predicted octanol–water partition coefficient (Wildman–Crippen LogP) is 3.90. The topological polar surface area (TPSA) is 58.2 Å². The molecule has 2 N–H and O–H groups in total. The van der Waals surface area contributed by atoms with Crippen LogP contribution in [0.2, 0.25) is 0 Å². The molecule has 4 saturated carbocycles. The second kappa shape index (κ2) is 5.02. The van der Waals surface area contributed by atoms with Crippen molar-refractivity contribution >= 4 is 11.8 Å². The van der Waals surface area contributed by atoms with E-state index in [1.807, 2.05) is 0 Å². The fourth-order valence-corrected chi connectivity index (χ4v) is 6.64. The first-order chi connectivity index (χ1) is 12.0. The van der Waals surface area contributed by atoms with Gasteiger partial charge in [-0.2, -0.15) is 0 Å². The van der Waals surface area contributed by atoms with E-state index >= 15 is 0 Å². The summed E-state index contributed by atoms with van der Waals surface area (Å²) in [6, 6.07) is 0. The number of fused-ring (bicyclic) bond motifs is 4. The van der Waals surface area contributed by atoms with Crippen LogP contribution in [0.3, 0.4) is 0 Å². The minimum atomic E-state index is -0.511. The molecule has 4 fully saturated rings. The lowest BCUT2D eigenvalue weighted by atomic mass is 9.68. The van der Waals surface area contributed by atoms with Gasteiger partial charge in [0, 0.05) is 0 Å². The second-order valence-electron chi connectivity index (χ2n) is 10.4. The Bertz CT molecular complexity index is 672. The van der Waals surface area contributed by atoms with Crippen LogP contribution in [0.15, 0.2) is 24.3 Å². The summed E-state index contributed by atoms with van der Waals surface area (Å²) in [7, 11) is 0. The molecule has 142 valence electrons. The summed E-state index contributed by atoms with van der Waals surface area (Å²) in [5.74, 6) is 0.859. The zero-order valence-corrected chi connectivity index (χ0v) is 16.6. The molecule has 0 aromatic carbocycles. The van der Waals surface area contributed by atoms with Gasteiger partial charge in [0.2, 0.25) is 11.8 Å². The molecule has 0 heterocycles. The van der Waals surface area contributed by atoms with Crippen LogP contribution in [-0.4, -0.2) is 11.8 Å². The molecule has 4 aliphatic carbocycles. The highest BCUT2D eigenvalue weighted by molar-refractivity contribution is 5.92. The zero-order valence-electron chi connectivity index (χ0n) is 16.6. The third-order valence-corrected chi connectivity index (χ3v) is 8.94. The number of hydrogen-bond donors (Lipinski definition) is 2. The van der Waals surface area contributed by atoms with Gasteiger partial charge in [-0.25, -0.2) is 0 Å². The fourth-order valence-electron chi connectivity index (χ4n) is 6.64. The normalized spacial score (nSPS) is 41.5. The summed E-state index contributed by atoms with van der Waals surface area (Å²) in [5, 5.41) is 0. The molecule has 0 saturated heterocycles. The largest absolute Gasteiger partial charge is 0.272 e. The molecule has 4 nitrogen and oxygen atoms in total. The van der Waals surface area contributed by atoms with E-state index in [0.717, 1.165) is 49.7 Å². The first-order valence-corrected chi connectivity index (χ1v) is 9.99. The van der Waals surface area contributed by atoms with Crippen LogP contribution < -0.4 is 10.9 Å². The van der Waals surface area contributed by atoms with Gasteiger partial charge in [-0.05, 0) is 61.2 Å². The van der Waals surface area contributed by atoms with E-state index in [1.54, 1.807) is 0 Å². The molecule has 0 spiro atoms. The predicted molar refractivity (Wildman–Crippen MR) is 102 cm³/mol. The monoisotopic (exact) mass is 356 g/mol. The van der Waals surface area contributed by atoms with Gasteiger partial charge in [0.25, 0.3) is 0 Å². The van der Waals surface area contributed by atoms with Crippen LogP contribution >= 0.6 is 0 Å². The van der Waals surface area contributed by atoms with Gasteiger partial charge < -0.3 is 0 Å². The highest BCUT2D eigenvalue weighted by atomic mass is 16.2. The van der Waals surface area contributed by atoms with E-state index in [4.69, 9.17) is 0 Å². The molecule has 0 radical (unpaired) electrons. The van der Waals surface area contributed by atoms with Crippen LogP contribution in [0.5, 0.6) is 0 Å². The molecule has 4 aliphatic rings. The number of nitrogens with one attached hydrogen (secondary N) is 2. The van der Waals surface area contributed by atoms with E-state index in [1.165, 1.54) is 0 Å². The number of carbonyl (C=O) groups is 2. The van der Waals surface area contributed by atoms with Crippen molar-refractivity contribution in [1.82, 2.24) is 10.9 Å². The molecule has 4 heteroatoms. The molecule has 0 unspecified atom stereocenters. The zero-order chi connectivity index (χ0) is 19.1. The lowest BCUT2D eigenvalue weighted by Crippen LogP contribution is -2.53. The van der Waals surface area contributed by atoms with Crippen LogP contribution in [-0.2, 0) is 9.59 Å². The van der Waals surface area contributed by atoms with Gasteiger partial charge in [0.05, 0.1) is 10.8 Å². The Labute approximate surface area is 156 Å². The smallest absolute Gasteiger partial charge is 0.248 e. The molecule has 4 rings (SSSR count). The van der Waals surface area contributed by atoms with Gasteiger partial charge in [0.1, 0.15) is 0 Å². The summed E-state index contributed by atoms with van der Waals surface area (Å²) < 4.78 is 0. The average molecular weight is 357 g/mol. The van der Waals surface area contributed by atoms with Gasteiger partial charge in [-0.15, -0.1) is 0 Å². The number of carbonyl (C=O) groups excluding carboxylic acids is 2. The standard InChI is InChI=1S/C22H32N2O2/c1-13-19(3,4)15-7-9-21(13,11-15)17(25)23-24-18(26)22-10-8-16(12-22)20(5,6)14(22)2/h15-16H,1-2,7-12H2,3-6H3,(H,23,25)(H,24,26)/t15-,16+,21-,22+. The highest BCUT2D eigenvalue weighted by Crippen LogP contribution is 2.66. The Kier molecular flexibility index (Phi) is 3.44. The van der Waals surface area contributed by atoms with Crippen LogP contribution in [0, 0.1) is 33.5 Å². The molecule has 0 aromatic rings. The Hall–Kier alpha value is -1.58. The lowest BCUT2D eigenvalue weighted by molar-refractivity contribution is -0.137. The Morgan fingerprint density at radius 2 is 1.15 bits per heavy atom. The van der Waals surface area contributed by atoms with Crippen LogP contribution in [0.1, 0.15) is 66.2 Å². The number of amides is 2. The summed E-state index contributed by atoms with van der Waals surface area (Å²) in [5.41, 5.74) is 6.58. The molecule has 0 aromatic heterocycles. The minimum Gasteiger partial charge on any atom is -0.272 e. The summed E-state index contributed by atoms with van der Waals surface area (Å²) in [4.78, 5) is 26.1. The maximum absolute atomic E-state index is 13.0. The SMILES string of the molecule is C=C1C(C)(C)[C@H]2CC[C@]1(C(=O)NNC(=O)[C@]13CC[C@H](C1)C(C)(C)C3=C)C2. The van der Waals surface area contributed by atoms with Crippen LogP contribution in [0.4, 0.5) is 0 Å². The number of hydrazine groups is 1. The van der Waals surface area contributed by atoms with E-state index in [9.17, 15) is 9.59 Å². The van der Waals surface area contributed by atoms with E-state index < -0.39 is 10.8 Å². The fraction of sp³-hybridized carbons (Fsp3) is 0.727. The molecule has 4 atom stereocenters. The first-order valence-electron chi connectivity index (χ1n) is 9.99. The summed E-state index contributed by atoms with van der Waals surface area (Å²) >= 11 is 0. The summed E-state index contributed by atoms with van der Waals surface area (Å²) in [6.45, 7) is 17.3. The van der Waals surface area contributed by atoms with Gasteiger partial charge in [-0.1, -0.05) is 52.0 Å². The maximum atomic E-state index is 13.0. The highest BCUT2D eigenvalue weighted by Gasteiger charge is 2.62. The van der Waals surface area contributed by atoms with Gasteiger partial charge in [0.15, 0.2) is 0 Å². The molecular weight excluding hydrogens is 324 g/mol. The van der Waals surface area contributed by atoms with Crippen molar-refractivity contribution in [2.45, 2.75) is 66.2 Å². The van der Waals surface area contributed by atoms with Crippen molar-refractivity contribution < 1.29 is 9.59 Å². The van der Waals surface area contributed by atoms with Crippen LogP contribution in [0.25, 0.3) is 0 Å². The number of rotatable bonds is 2. The van der Waals surface area contributed by atoms with Gasteiger partial charge in [-0.3, -0.25) is 20.4 Å². The molecule has 2 amide bonds. The van der Waals surface area contributed by atoms with Crippen molar-refractivity contribution in [3.05, 3.63) is 24.3 Å². The molecular formula is C22H32N2O2. The van der Waals surface area contributed by atoms with Crippen molar-refractivity contribution in [1.29, 1.82) is 0 Å². The molecule has 26 heavy (non-hydrogen) atoms. The molecule has 0 aliphatic heterocycles. The second-order valence-corrected chi connectivity index (χ2v) is 10.4. The maximum Gasteiger partial charge on any atom is 0.248 e. The Morgan fingerprint density at radius 1 is 0.808 bits per heavy atom. The minimum absolute atomic E-state index is 0.000717. The van der Waals surface area contributed by atoms with Gasteiger partial charge >= 0.3 is 0 Å². The first kappa shape index (κ1) is 17.8. The molecule has 4 bridgehead atoms. The summed E-state index contributed by atoms with van der Waals surface area (Å²) in [6.07, 6.45) is 5.51. The van der Waals surface area contributed by atoms with E-state index in [0.29, 0.717) is 11.8 Å². The van der Waals surface area contributed by atoms with E-state index in [-0.39, 0.29) is 22.6 Å². The third kappa shape index (κ3) is 1.91. The van der Waals surface area contributed by atoms with Crippen molar-refractivity contribution in [2.75, 3.05) is 0 Å². The van der Waals surface area contributed by atoms with Crippen molar-refractivity contribution in [3.63, 3.8) is 0 Å². The third-order valence-electron chi connectivity index (χ3n) is 8.94. The van der Waals surface area contributed by atoms with E-state index in [2.05, 4.69) is 51.7 Å². The van der Waals surface area contributed by atoms with Crippen molar-refractivity contribution in [3.8, 4) is 0 Å². The Balaban J connectivity index is 1.47.